The van der Waals surface area contributed by atoms with Gasteiger partial charge in [0.15, 0.2) is 11.5 Å². The molecule has 0 aliphatic carbocycles. The number of amides is 1. The molecule has 1 fully saturated rings. The van der Waals surface area contributed by atoms with Gasteiger partial charge >= 0.3 is 0 Å². The topological polar surface area (TPSA) is 78.4 Å². The summed E-state index contributed by atoms with van der Waals surface area (Å²) in [6, 6.07) is 3.32. The predicted molar refractivity (Wildman–Crippen MR) is 73.6 cm³/mol. The van der Waals surface area contributed by atoms with Gasteiger partial charge in [-0.1, -0.05) is 11.6 Å². The van der Waals surface area contributed by atoms with E-state index in [0.717, 1.165) is 0 Å². The number of benzene rings is 1. The maximum atomic E-state index is 11.9. The average Bonchev–Trinajstić information content (AvgIpc) is 3.08. The van der Waals surface area contributed by atoms with Crippen LogP contribution in [0.4, 0.5) is 0 Å². The normalized spacial score (nSPS) is 19.1. The number of fused-ring (bicyclic) bond motifs is 1. The molecule has 1 aromatic rings. The lowest BCUT2D eigenvalue weighted by Crippen LogP contribution is -2.43. The van der Waals surface area contributed by atoms with Crippen LogP contribution >= 0.6 is 11.6 Å². The second-order valence-corrected chi connectivity index (χ2v) is 4.98. The van der Waals surface area contributed by atoms with Crippen LogP contribution in [0.15, 0.2) is 17.2 Å². The van der Waals surface area contributed by atoms with Crippen molar-refractivity contribution in [3.05, 3.63) is 22.7 Å². The van der Waals surface area contributed by atoms with Gasteiger partial charge in [-0.3, -0.25) is 4.79 Å². The van der Waals surface area contributed by atoms with Gasteiger partial charge in [0.1, 0.15) is 0 Å². The lowest BCUT2D eigenvalue weighted by atomic mass is 10.2. The van der Waals surface area contributed by atoms with Gasteiger partial charge in [-0.2, -0.15) is 5.10 Å². The van der Waals surface area contributed by atoms with Gasteiger partial charge in [0, 0.05) is 11.6 Å². The van der Waals surface area contributed by atoms with Crippen molar-refractivity contribution in [2.24, 2.45) is 5.10 Å². The molecule has 1 saturated heterocycles. The fraction of sp³-hybridized carbons (Fsp3) is 0.385. The third kappa shape index (κ3) is 2.80. The maximum absolute atomic E-state index is 11.9. The van der Waals surface area contributed by atoms with E-state index < -0.39 is 11.7 Å². The number of halogens is 1. The molecule has 0 radical (unpaired) electrons. The Morgan fingerprint density at radius 1 is 1.33 bits per heavy atom. The molecule has 3 rings (SSSR count). The highest BCUT2D eigenvalue weighted by Crippen LogP contribution is 2.36. The van der Waals surface area contributed by atoms with Gasteiger partial charge in [-0.05, 0) is 13.0 Å². The van der Waals surface area contributed by atoms with Crippen molar-refractivity contribution in [3.63, 3.8) is 0 Å². The van der Waals surface area contributed by atoms with Crippen LogP contribution in [0.3, 0.4) is 0 Å². The average molecular weight is 313 g/mol. The van der Waals surface area contributed by atoms with E-state index in [1.54, 1.807) is 19.1 Å². The van der Waals surface area contributed by atoms with E-state index in [0.29, 0.717) is 35.3 Å². The van der Waals surface area contributed by atoms with E-state index in [2.05, 4.69) is 10.5 Å². The monoisotopic (exact) mass is 312 g/mol. The number of carbonyl (C=O) groups is 1. The SMILES string of the molecule is CC1(C(=O)N/N=C\c2cc3c(cc2Cl)OCO3)OCCO1. The van der Waals surface area contributed by atoms with Crippen molar-refractivity contribution in [1.82, 2.24) is 5.43 Å². The van der Waals surface area contributed by atoms with Crippen LogP contribution < -0.4 is 14.9 Å². The first-order valence-electron chi connectivity index (χ1n) is 6.29. The smallest absolute Gasteiger partial charge is 0.300 e. The predicted octanol–water partition coefficient (Wildman–Crippen LogP) is 1.28. The number of hydrazone groups is 1. The minimum atomic E-state index is -1.30. The van der Waals surface area contributed by atoms with E-state index in [-0.39, 0.29) is 6.79 Å². The van der Waals surface area contributed by atoms with Crippen LogP contribution in [0, 0.1) is 0 Å². The molecular formula is C13H13ClN2O5. The van der Waals surface area contributed by atoms with Crippen molar-refractivity contribution in [2.75, 3.05) is 20.0 Å². The van der Waals surface area contributed by atoms with Crippen molar-refractivity contribution in [2.45, 2.75) is 12.7 Å². The Hall–Kier alpha value is -1.83. The Balaban J connectivity index is 1.68. The Kier molecular flexibility index (Phi) is 3.71. The maximum Gasteiger partial charge on any atom is 0.300 e. The molecule has 8 heteroatoms. The molecule has 2 aliphatic rings. The van der Waals surface area contributed by atoms with Gasteiger partial charge < -0.3 is 18.9 Å². The zero-order valence-electron chi connectivity index (χ0n) is 11.2. The number of rotatable bonds is 3. The molecule has 0 bridgehead atoms. The molecule has 1 amide bonds. The summed E-state index contributed by atoms with van der Waals surface area (Å²) in [4.78, 5) is 11.9. The van der Waals surface area contributed by atoms with Crippen LogP contribution in [-0.2, 0) is 14.3 Å². The van der Waals surface area contributed by atoms with Crippen LogP contribution in [0.2, 0.25) is 5.02 Å². The second kappa shape index (κ2) is 5.51. The van der Waals surface area contributed by atoms with Crippen molar-refractivity contribution in [3.8, 4) is 11.5 Å². The fourth-order valence-corrected chi connectivity index (χ4v) is 2.14. The van der Waals surface area contributed by atoms with Gasteiger partial charge in [0.2, 0.25) is 12.6 Å². The number of hydrogen-bond acceptors (Lipinski definition) is 6. The van der Waals surface area contributed by atoms with Crippen molar-refractivity contribution in [1.29, 1.82) is 0 Å². The molecule has 7 nitrogen and oxygen atoms in total. The summed E-state index contributed by atoms with van der Waals surface area (Å²) in [5.41, 5.74) is 2.96. The third-order valence-corrected chi connectivity index (χ3v) is 3.44. The first kappa shape index (κ1) is 14.1. The zero-order valence-corrected chi connectivity index (χ0v) is 12.0. The molecule has 0 atom stereocenters. The van der Waals surface area contributed by atoms with E-state index in [9.17, 15) is 4.79 Å². The third-order valence-electron chi connectivity index (χ3n) is 3.11. The standard InChI is InChI=1S/C13H13ClN2O5/c1-13(20-2-3-21-13)12(17)16-15-6-8-4-10-11(5-9(8)14)19-7-18-10/h4-6H,2-3,7H2,1H3,(H,16,17)/b15-6-. The minimum Gasteiger partial charge on any atom is -0.454 e. The van der Waals surface area contributed by atoms with Crippen molar-refractivity contribution >= 4 is 23.7 Å². The quantitative estimate of drug-likeness (QED) is 0.672. The van der Waals surface area contributed by atoms with Gasteiger partial charge in [-0.25, -0.2) is 5.43 Å². The number of nitrogens with one attached hydrogen (secondary N) is 1. The van der Waals surface area contributed by atoms with Crippen LogP contribution in [0.5, 0.6) is 11.5 Å². The molecule has 112 valence electrons. The number of hydrogen-bond donors (Lipinski definition) is 1. The summed E-state index contributed by atoms with van der Waals surface area (Å²) in [5, 5.41) is 4.29. The first-order valence-corrected chi connectivity index (χ1v) is 6.67. The van der Waals surface area contributed by atoms with Crippen LogP contribution in [0.1, 0.15) is 12.5 Å². The largest absolute Gasteiger partial charge is 0.454 e. The molecule has 0 spiro atoms. The highest BCUT2D eigenvalue weighted by Gasteiger charge is 2.39. The first-order chi connectivity index (χ1) is 10.1. The summed E-state index contributed by atoms with van der Waals surface area (Å²) in [5.74, 6) is -0.605. The highest BCUT2D eigenvalue weighted by atomic mass is 35.5. The summed E-state index contributed by atoms with van der Waals surface area (Å²) in [7, 11) is 0. The van der Waals surface area contributed by atoms with Crippen LogP contribution in [0.25, 0.3) is 0 Å². The molecular weight excluding hydrogens is 300 g/mol. The molecule has 1 N–H and O–H groups in total. The van der Waals surface area contributed by atoms with E-state index in [4.69, 9.17) is 30.5 Å². The molecule has 0 unspecified atom stereocenters. The molecule has 2 aliphatic heterocycles. The Labute approximate surface area is 125 Å². The molecule has 2 heterocycles. The van der Waals surface area contributed by atoms with Crippen LogP contribution in [-0.4, -0.2) is 37.9 Å². The molecule has 21 heavy (non-hydrogen) atoms. The second-order valence-electron chi connectivity index (χ2n) is 4.57. The zero-order chi connectivity index (χ0) is 14.9. The lowest BCUT2D eigenvalue weighted by molar-refractivity contribution is -0.176. The summed E-state index contributed by atoms with van der Waals surface area (Å²) in [6.07, 6.45) is 1.42. The highest BCUT2D eigenvalue weighted by molar-refractivity contribution is 6.33. The number of carbonyl (C=O) groups excluding carboxylic acids is 1. The Morgan fingerprint density at radius 2 is 2.00 bits per heavy atom. The van der Waals surface area contributed by atoms with E-state index >= 15 is 0 Å². The minimum absolute atomic E-state index is 0.163. The molecule has 0 aromatic heterocycles. The van der Waals surface area contributed by atoms with Gasteiger partial charge in [0.25, 0.3) is 5.91 Å². The fourth-order valence-electron chi connectivity index (χ4n) is 1.94. The molecule has 0 saturated carbocycles. The van der Waals surface area contributed by atoms with Gasteiger partial charge in [0.05, 0.1) is 24.5 Å². The number of ether oxygens (including phenoxy) is 4. The summed E-state index contributed by atoms with van der Waals surface area (Å²) < 4.78 is 20.9. The Bertz CT molecular complexity index is 598. The van der Waals surface area contributed by atoms with Gasteiger partial charge in [-0.15, -0.1) is 0 Å². The lowest BCUT2D eigenvalue weighted by Gasteiger charge is -2.18. The molecule has 1 aromatic carbocycles. The number of nitrogens with zero attached hydrogens (tertiary/aromatic N) is 1. The summed E-state index contributed by atoms with van der Waals surface area (Å²) >= 11 is 6.09. The van der Waals surface area contributed by atoms with E-state index in [1.165, 1.54) is 6.21 Å². The Morgan fingerprint density at radius 3 is 2.71 bits per heavy atom. The summed E-state index contributed by atoms with van der Waals surface area (Å²) in [6.45, 7) is 2.46. The van der Waals surface area contributed by atoms with Crippen molar-refractivity contribution < 1.29 is 23.7 Å². The van der Waals surface area contributed by atoms with E-state index in [1.807, 2.05) is 0 Å².